The maximum Gasteiger partial charge on any atom is 0.166 e. The van der Waals surface area contributed by atoms with Gasteiger partial charge in [-0.25, -0.2) is 0 Å². The van der Waals surface area contributed by atoms with E-state index in [0.29, 0.717) is 43.5 Å². The van der Waals surface area contributed by atoms with Gasteiger partial charge in [0.25, 0.3) is 0 Å². The summed E-state index contributed by atoms with van der Waals surface area (Å²) in [6.45, 7) is 1.88. The number of hydrogen-bond acceptors (Lipinski definition) is 5. The third-order valence-electron chi connectivity index (χ3n) is 2.36. The van der Waals surface area contributed by atoms with Crippen molar-refractivity contribution in [3.63, 3.8) is 0 Å². The van der Waals surface area contributed by atoms with E-state index in [9.17, 15) is 5.11 Å². The molecule has 0 aliphatic carbocycles. The number of benzene rings is 1. The number of aliphatic hydroxyl groups is 1. The van der Waals surface area contributed by atoms with Gasteiger partial charge in [-0.15, -0.1) is 0 Å². The van der Waals surface area contributed by atoms with Crippen molar-refractivity contribution >= 4 is 0 Å². The minimum atomic E-state index is -0.0862. The highest BCUT2D eigenvalue weighted by atomic mass is 16.5. The largest absolute Gasteiger partial charge is 0.493 e. The third kappa shape index (κ3) is 4.52. The Morgan fingerprint density at radius 1 is 1.06 bits per heavy atom. The number of para-hydroxylation sites is 1. The minimum Gasteiger partial charge on any atom is -0.493 e. The lowest BCUT2D eigenvalue weighted by atomic mass is 10.2. The van der Waals surface area contributed by atoms with Gasteiger partial charge in [-0.3, -0.25) is 0 Å². The molecule has 0 unspecified atom stereocenters. The van der Waals surface area contributed by atoms with Crippen LogP contribution in [0.5, 0.6) is 11.5 Å². The molecule has 0 saturated heterocycles. The average molecular weight is 256 g/mol. The zero-order valence-corrected chi connectivity index (χ0v) is 10.8. The first kappa shape index (κ1) is 14.8. The molecule has 0 radical (unpaired) electrons. The predicted molar refractivity (Wildman–Crippen MR) is 67.1 cm³/mol. The van der Waals surface area contributed by atoms with Crippen LogP contribution in [0.4, 0.5) is 0 Å². The molecule has 0 atom stereocenters. The SMILES string of the molecule is COCCOCCOc1c(CO)cccc1OC. The Bertz CT molecular complexity index is 318. The van der Waals surface area contributed by atoms with E-state index in [1.54, 1.807) is 26.4 Å². The molecule has 0 aliphatic heterocycles. The smallest absolute Gasteiger partial charge is 0.166 e. The molecule has 5 nitrogen and oxygen atoms in total. The van der Waals surface area contributed by atoms with Crippen molar-refractivity contribution in [2.75, 3.05) is 40.6 Å². The first-order valence-electron chi connectivity index (χ1n) is 5.79. The summed E-state index contributed by atoms with van der Waals surface area (Å²) in [7, 11) is 3.20. The summed E-state index contributed by atoms with van der Waals surface area (Å²) in [4.78, 5) is 0. The maximum absolute atomic E-state index is 9.23. The second-order valence-corrected chi connectivity index (χ2v) is 3.56. The van der Waals surface area contributed by atoms with Crippen LogP contribution >= 0.6 is 0 Å². The summed E-state index contributed by atoms with van der Waals surface area (Å²) in [5.74, 6) is 1.18. The zero-order chi connectivity index (χ0) is 13.2. The van der Waals surface area contributed by atoms with Crippen LogP contribution < -0.4 is 9.47 Å². The number of aliphatic hydroxyl groups excluding tert-OH is 1. The van der Waals surface area contributed by atoms with Crippen LogP contribution in [0.25, 0.3) is 0 Å². The fourth-order valence-electron chi connectivity index (χ4n) is 1.46. The molecule has 0 heterocycles. The topological polar surface area (TPSA) is 57.2 Å². The number of ether oxygens (including phenoxy) is 4. The zero-order valence-electron chi connectivity index (χ0n) is 10.8. The summed E-state index contributed by atoms with van der Waals surface area (Å²) in [6.07, 6.45) is 0. The van der Waals surface area contributed by atoms with Crippen LogP contribution in [0.3, 0.4) is 0 Å². The Kier molecular flexibility index (Phi) is 7.17. The number of hydrogen-bond donors (Lipinski definition) is 1. The van der Waals surface area contributed by atoms with Crippen LogP contribution in [-0.2, 0) is 16.1 Å². The van der Waals surface area contributed by atoms with E-state index in [4.69, 9.17) is 18.9 Å². The van der Waals surface area contributed by atoms with Crippen LogP contribution in [0.15, 0.2) is 18.2 Å². The summed E-state index contributed by atoms with van der Waals surface area (Å²) < 4.78 is 20.9. The molecule has 0 bridgehead atoms. The Balaban J connectivity index is 2.45. The number of methoxy groups -OCH3 is 2. The highest BCUT2D eigenvalue weighted by Crippen LogP contribution is 2.30. The van der Waals surface area contributed by atoms with Gasteiger partial charge in [0.05, 0.1) is 33.5 Å². The standard InChI is InChI=1S/C13H20O5/c1-15-6-7-17-8-9-18-13-11(10-14)4-3-5-12(13)16-2/h3-5,14H,6-10H2,1-2H3. The molecule has 0 aromatic heterocycles. The van der Waals surface area contributed by atoms with Crippen LogP contribution in [0.2, 0.25) is 0 Å². The first-order valence-corrected chi connectivity index (χ1v) is 5.79. The minimum absolute atomic E-state index is 0.0862. The number of rotatable bonds is 9. The molecule has 18 heavy (non-hydrogen) atoms. The lowest BCUT2D eigenvalue weighted by Crippen LogP contribution is -2.11. The summed E-state index contributed by atoms with van der Waals surface area (Å²) in [5.41, 5.74) is 0.700. The third-order valence-corrected chi connectivity index (χ3v) is 2.36. The molecular weight excluding hydrogens is 236 g/mol. The second-order valence-electron chi connectivity index (χ2n) is 3.56. The molecule has 0 amide bonds. The Labute approximate surface area is 107 Å². The van der Waals surface area contributed by atoms with Gasteiger partial charge in [0.1, 0.15) is 6.61 Å². The van der Waals surface area contributed by atoms with Gasteiger partial charge < -0.3 is 24.1 Å². The van der Waals surface area contributed by atoms with Gasteiger partial charge in [-0.05, 0) is 6.07 Å². The molecular formula is C13H20O5. The van der Waals surface area contributed by atoms with Crippen molar-refractivity contribution < 1.29 is 24.1 Å². The Hall–Kier alpha value is -1.30. The van der Waals surface area contributed by atoms with Crippen molar-refractivity contribution in [2.45, 2.75) is 6.61 Å². The molecule has 1 N–H and O–H groups in total. The lowest BCUT2D eigenvalue weighted by molar-refractivity contribution is 0.0536. The normalized spacial score (nSPS) is 10.4. The van der Waals surface area contributed by atoms with Gasteiger partial charge in [0, 0.05) is 12.7 Å². The summed E-state index contributed by atoms with van der Waals surface area (Å²) in [6, 6.07) is 5.40. The van der Waals surface area contributed by atoms with Crippen molar-refractivity contribution in [1.82, 2.24) is 0 Å². The van der Waals surface area contributed by atoms with Crippen molar-refractivity contribution in [2.24, 2.45) is 0 Å². The van der Waals surface area contributed by atoms with Gasteiger partial charge in [-0.2, -0.15) is 0 Å². The van der Waals surface area contributed by atoms with Crippen molar-refractivity contribution in [1.29, 1.82) is 0 Å². The highest BCUT2D eigenvalue weighted by molar-refractivity contribution is 5.46. The Morgan fingerprint density at radius 2 is 1.83 bits per heavy atom. The highest BCUT2D eigenvalue weighted by Gasteiger charge is 2.09. The Morgan fingerprint density at radius 3 is 2.50 bits per heavy atom. The fraction of sp³-hybridized carbons (Fsp3) is 0.538. The fourth-order valence-corrected chi connectivity index (χ4v) is 1.46. The van der Waals surface area contributed by atoms with E-state index in [1.165, 1.54) is 0 Å². The van der Waals surface area contributed by atoms with Gasteiger partial charge in [0.15, 0.2) is 11.5 Å². The van der Waals surface area contributed by atoms with Gasteiger partial charge in [-0.1, -0.05) is 12.1 Å². The summed E-state index contributed by atoms with van der Waals surface area (Å²) in [5, 5.41) is 9.23. The van der Waals surface area contributed by atoms with E-state index in [2.05, 4.69) is 0 Å². The summed E-state index contributed by atoms with van der Waals surface area (Å²) >= 11 is 0. The molecule has 0 spiro atoms. The van der Waals surface area contributed by atoms with Crippen molar-refractivity contribution in [3.05, 3.63) is 23.8 Å². The van der Waals surface area contributed by atoms with Crippen LogP contribution in [0, 0.1) is 0 Å². The monoisotopic (exact) mass is 256 g/mol. The molecule has 102 valence electrons. The van der Waals surface area contributed by atoms with E-state index in [1.807, 2.05) is 6.07 Å². The van der Waals surface area contributed by atoms with Gasteiger partial charge >= 0.3 is 0 Å². The predicted octanol–water partition coefficient (Wildman–Crippen LogP) is 1.23. The van der Waals surface area contributed by atoms with Crippen LogP contribution in [-0.4, -0.2) is 45.8 Å². The van der Waals surface area contributed by atoms with E-state index in [-0.39, 0.29) is 6.61 Å². The van der Waals surface area contributed by atoms with Gasteiger partial charge in [0.2, 0.25) is 0 Å². The molecule has 1 rings (SSSR count). The molecule has 1 aromatic rings. The molecule has 0 fully saturated rings. The van der Waals surface area contributed by atoms with E-state index in [0.717, 1.165) is 0 Å². The van der Waals surface area contributed by atoms with Crippen molar-refractivity contribution in [3.8, 4) is 11.5 Å². The lowest BCUT2D eigenvalue weighted by Gasteiger charge is -2.13. The maximum atomic E-state index is 9.23. The van der Waals surface area contributed by atoms with E-state index >= 15 is 0 Å². The molecule has 0 aliphatic rings. The van der Waals surface area contributed by atoms with Crippen LogP contribution in [0.1, 0.15) is 5.56 Å². The molecule has 5 heteroatoms. The first-order chi connectivity index (χ1) is 8.83. The molecule has 0 saturated carbocycles. The van der Waals surface area contributed by atoms with E-state index < -0.39 is 0 Å². The second kappa shape index (κ2) is 8.74. The quantitative estimate of drug-likeness (QED) is 0.673. The average Bonchev–Trinajstić information content (AvgIpc) is 2.42. The molecule has 1 aromatic carbocycles.